The Kier molecular flexibility index (Phi) is 3.44. The number of anilines is 1. The summed E-state index contributed by atoms with van der Waals surface area (Å²) in [7, 11) is 1.87. The van der Waals surface area contributed by atoms with Crippen LogP contribution in [0.3, 0.4) is 0 Å². The molecular formula is C13H19FN2. The first kappa shape index (κ1) is 11.4. The number of nitrogens with zero attached hydrogens (tertiary/aromatic N) is 1. The highest BCUT2D eigenvalue weighted by Crippen LogP contribution is 2.30. The van der Waals surface area contributed by atoms with Crippen molar-refractivity contribution < 1.29 is 4.39 Å². The van der Waals surface area contributed by atoms with Crippen molar-refractivity contribution in [1.82, 2.24) is 5.32 Å². The van der Waals surface area contributed by atoms with Crippen LogP contribution < -0.4 is 10.2 Å². The van der Waals surface area contributed by atoms with E-state index in [0.29, 0.717) is 0 Å². The van der Waals surface area contributed by atoms with Crippen LogP contribution >= 0.6 is 0 Å². The van der Waals surface area contributed by atoms with E-state index >= 15 is 0 Å². The van der Waals surface area contributed by atoms with Crippen molar-refractivity contribution in [3.8, 4) is 0 Å². The quantitative estimate of drug-likeness (QED) is 0.846. The number of nitrogens with one attached hydrogen (secondary N) is 1. The Morgan fingerprint density at radius 3 is 2.62 bits per heavy atom. The molecule has 1 atom stereocenters. The summed E-state index contributed by atoms with van der Waals surface area (Å²) >= 11 is 0. The summed E-state index contributed by atoms with van der Waals surface area (Å²) in [6.07, 6.45) is 2.42. The van der Waals surface area contributed by atoms with E-state index in [1.165, 1.54) is 12.8 Å². The van der Waals surface area contributed by atoms with E-state index in [9.17, 15) is 4.39 Å². The van der Waals surface area contributed by atoms with Crippen molar-refractivity contribution in [3.63, 3.8) is 0 Å². The van der Waals surface area contributed by atoms with E-state index in [4.69, 9.17) is 0 Å². The average molecular weight is 222 g/mol. The molecular weight excluding hydrogens is 203 g/mol. The third-order valence-corrected chi connectivity index (χ3v) is 3.34. The third-order valence-electron chi connectivity index (χ3n) is 3.34. The number of halogens is 1. The molecule has 1 fully saturated rings. The summed E-state index contributed by atoms with van der Waals surface area (Å²) in [6.45, 7) is 4.10. The molecule has 0 bridgehead atoms. The second-order valence-electron chi connectivity index (χ2n) is 4.38. The molecule has 0 saturated carbocycles. The fraction of sp³-hybridized carbons (Fsp3) is 0.538. The Bertz CT molecular complexity index is 359. The lowest BCUT2D eigenvalue weighted by atomic mass is 10.0. The second-order valence-corrected chi connectivity index (χ2v) is 4.38. The molecule has 1 heterocycles. The van der Waals surface area contributed by atoms with E-state index in [-0.39, 0.29) is 11.9 Å². The maximum atomic E-state index is 13.9. The van der Waals surface area contributed by atoms with Gasteiger partial charge in [0.2, 0.25) is 0 Å². The molecule has 0 spiro atoms. The van der Waals surface area contributed by atoms with Crippen molar-refractivity contribution >= 4 is 5.69 Å². The van der Waals surface area contributed by atoms with Gasteiger partial charge in [0, 0.05) is 30.4 Å². The molecule has 1 aliphatic heterocycles. The van der Waals surface area contributed by atoms with Gasteiger partial charge in [0.15, 0.2) is 0 Å². The zero-order valence-electron chi connectivity index (χ0n) is 9.96. The van der Waals surface area contributed by atoms with Crippen LogP contribution in [0.15, 0.2) is 18.2 Å². The summed E-state index contributed by atoms with van der Waals surface area (Å²) in [5, 5.41) is 3.12. The summed E-state index contributed by atoms with van der Waals surface area (Å²) in [5.41, 5.74) is 1.85. The fourth-order valence-electron chi connectivity index (χ4n) is 2.33. The largest absolute Gasteiger partial charge is 0.371 e. The minimum atomic E-state index is -0.105. The maximum absolute atomic E-state index is 13.9. The lowest BCUT2D eigenvalue weighted by Gasteiger charge is -2.24. The normalized spacial score (nSPS) is 17.8. The van der Waals surface area contributed by atoms with Gasteiger partial charge in [-0.15, -0.1) is 0 Å². The van der Waals surface area contributed by atoms with E-state index < -0.39 is 0 Å². The molecule has 1 aromatic carbocycles. The molecule has 2 nitrogen and oxygen atoms in total. The Morgan fingerprint density at radius 2 is 2.00 bits per heavy atom. The van der Waals surface area contributed by atoms with E-state index in [0.717, 1.165) is 24.3 Å². The summed E-state index contributed by atoms with van der Waals surface area (Å²) in [6, 6.07) is 5.42. The third kappa shape index (κ3) is 2.05. The van der Waals surface area contributed by atoms with Crippen LogP contribution in [-0.4, -0.2) is 20.1 Å². The molecule has 0 amide bonds. The van der Waals surface area contributed by atoms with Gasteiger partial charge in [-0.05, 0) is 38.9 Å². The van der Waals surface area contributed by atoms with Crippen LogP contribution in [0.25, 0.3) is 0 Å². The summed E-state index contributed by atoms with van der Waals surface area (Å²) in [5.74, 6) is -0.105. The summed E-state index contributed by atoms with van der Waals surface area (Å²) in [4.78, 5) is 2.28. The average Bonchev–Trinajstić information content (AvgIpc) is 2.81. The van der Waals surface area contributed by atoms with Crippen LogP contribution in [0.5, 0.6) is 0 Å². The van der Waals surface area contributed by atoms with Gasteiger partial charge in [0.1, 0.15) is 5.82 Å². The van der Waals surface area contributed by atoms with E-state index in [2.05, 4.69) is 10.2 Å². The van der Waals surface area contributed by atoms with Crippen LogP contribution in [0.1, 0.15) is 31.4 Å². The first-order valence-electron chi connectivity index (χ1n) is 5.94. The predicted octanol–water partition coefficient (Wildman–Crippen LogP) is 2.71. The SMILES string of the molecule is CNC(C)c1c(F)cccc1N1CCCC1. The van der Waals surface area contributed by atoms with Crippen molar-refractivity contribution in [2.75, 3.05) is 25.0 Å². The van der Waals surface area contributed by atoms with Gasteiger partial charge in [0.25, 0.3) is 0 Å². The maximum Gasteiger partial charge on any atom is 0.130 e. The van der Waals surface area contributed by atoms with Gasteiger partial charge in [-0.2, -0.15) is 0 Å². The molecule has 1 saturated heterocycles. The molecule has 0 aromatic heterocycles. The summed E-state index contributed by atoms with van der Waals surface area (Å²) < 4.78 is 13.9. The zero-order chi connectivity index (χ0) is 11.5. The molecule has 1 aliphatic rings. The van der Waals surface area contributed by atoms with Gasteiger partial charge in [0.05, 0.1) is 0 Å². The first-order chi connectivity index (χ1) is 7.74. The van der Waals surface area contributed by atoms with Crippen molar-refractivity contribution in [1.29, 1.82) is 0 Å². The monoisotopic (exact) mass is 222 g/mol. The van der Waals surface area contributed by atoms with Gasteiger partial charge in [-0.3, -0.25) is 0 Å². The number of hydrogen-bond donors (Lipinski definition) is 1. The molecule has 1 N–H and O–H groups in total. The smallest absolute Gasteiger partial charge is 0.130 e. The lowest BCUT2D eigenvalue weighted by molar-refractivity contribution is 0.561. The molecule has 2 rings (SSSR count). The van der Waals surface area contributed by atoms with Crippen LogP contribution in [0.2, 0.25) is 0 Å². The molecule has 88 valence electrons. The molecule has 16 heavy (non-hydrogen) atoms. The Hall–Kier alpha value is -1.09. The number of rotatable bonds is 3. The minimum absolute atomic E-state index is 0.0526. The Morgan fingerprint density at radius 1 is 1.31 bits per heavy atom. The Balaban J connectivity index is 2.38. The van der Waals surface area contributed by atoms with Gasteiger partial charge in [-0.25, -0.2) is 4.39 Å². The standard InChI is InChI=1S/C13H19FN2/c1-10(15-2)13-11(14)6-5-7-12(13)16-8-3-4-9-16/h5-7,10,15H,3-4,8-9H2,1-2H3. The molecule has 0 aliphatic carbocycles. The predicted molar refractivity (Wildman–Crippen MR) is 65.3 cm³/mol. The van der Waals surface area contributed by atoms with Gasteiger partial charge >= 0.3 is 0 Å². The highest BCUT2D eigenvalue weighted by Gasteiger charge is 2.20. The second kappa shape index (κ2) is 4.83. The topological polar surface area (TPSA) is 15.3 Å². The highest BCUT2D eigenvalue weighted by molar-refractivity contribution is 5.56. The number of hydrogen-bond acceptors (Lipinski definition) is 2. The van der Waals surface area contributed by atoms with Gasteiger partial charge < -0.3 is 10.2 Å². The van der Waals surface area contributed by atoms with Crippen LogP contribution in [0, 0.1) is 5.82 Å². The zero-order valence-corrected chi connectivity index (χ0v) is 9.96. The lowest BCUT2D eigenvalue weighted by Crippen LogP contribution is -2.23. The molecule has 1 aromatic rings. The molecule has 1 unspecified atom stereocenters. The van der Waals surface area contributed by atoms with Crippen molar-refractivity contribution in [2.24, 2.45) is 0 Å². The van der Waals surface area contributed by atoms with Crippen molar-refractivity contribution in [2.45, 2.75) is 25.8 Å². The van der Waals surface area contributed by atoms with E-state index in [1.807, 2.05) is 20.0 Å². The Labute approximate surface area is 96.5 Å². The van der Waals surface area contributed by atoms with Gasteiger partial charge in [-0.1, -0.05) is 6.07 Å². The molecule has 0 radical (unpaired) electrons. The van der Waals surface area contributed by atoms with E-state index in [1.54, 1.807) is 12.1 Å². The highest BCUT2D eigenvalue weighted by atomic mass is 19.1. The minimum Gasteiger partial charge on any atom is -0.371 e. The van der Waals surface area contributed by atoms with Crippen LogP contribution in [-0.2, 0) is 0 Å². The fourth-order valence-corrected chi connectivity index (χ4v) is 2.33. The number of benzene rings is 1. The van der Waals surface area contributed by atoms with Crippen molar-refractivity contribution in [3.05, 3.63) is 29.6 Å². The first-order valence-corrected chi connectivity index (χ1v) is 5.94. The molecule has 3 heteroatoms. The van der Waals surface area contributed by atoms with Crippen LogP contribution in [0.4, 0.5) is 10.1 Å².